The summed E-state index contributed by atoms with van der Waals surface area (Å²) >= 11 is 0. The smallest absolute Gasteiger partial charge is 0.249 e. The third-order valence-electron chi connectivity index (χ3n) is 2.50. The van der Waals surface area contributed by atoms with E-state index in [9.17, 15) is 4.39 Å². The van der Waals surface area contributed by atoms with Crippen molar-refractivity contribution in [3.05, 3.63) is 36.3 Å². The first-order valence-electron chi connectivity index (χ1n) is 6.24. The zero-order valence-electron chi connectivity index (χ0n) is 11.5. The van der Waals surface area contributed by atoms with Gasteiger partial charge in [0.1, 0.15) is 5.82 Å². The quantitative estimate of drug-likeness (QED) is 0.837. The maximum atomic E-state index is 13.1. The molecule has 106 valence electrons. The lowest BCUT2D eigenvalue weighted by molar-refractivity contribution is 0.425. The number of nitrogens with one attached hydrogen (secondary N) is 2. The van der Waals surface area contributed by atoms with E-state index < -0.39 is 0 Å². The van der Waals surface area contributed by atoms with Crippen LogP contribution in [0.5, 0.6) is 0 Å². The fourth-order valence-corrected chi connectivity index (χ4v) is 1.54. The number of nitrogens with zero attached hydrogens (tertiary/aromatic N) is 4. The first kappa shape index (κ1) is 14.1. The van der Waals surface area contributed by atoms with Gasteiger partial charge in [-0.15, -0.1) is 5.10 Å². The maximum Gasteiger partial charge on any atom is 0.249 e. The van der Waals surface area contributed by atoms with Gasteiger partial charge in [0.15, 0.2) is 5.82 Å². The van der Waals surface area contributed by atoms with Crippen molar-refractivity contribution in [2.75, 3.05) is 37.8 Å². The van der Waals surface area contributed by atoms with Crippen LogP contribution in [0.25, 0.3) is 0 Å². The molecule has 20 heavy (non-hydrogen) atoms. The summed E-state index contributed by atoms with van der Waals surface area (Å²) in [6.07, 6.45) is 1.55. The van der Waals surface area contributed by atoms with Gasteiger partial charge in [-0.3, -0.25) is 0 Å². The molecular weight excluding hydrogens is 259 g/mol. The Morgan fingerprint density at radius 2 is 2.15 bits per heavy atom. The molecular formula is C13H17FN6. The van der Waals surface area contributed by atoms with Crippen LogP contribution in [-0.2, 0) is 0 Å². The number of hydrogen-bond acceptors (Lipinski definition) is 6. The van der Waals surface area contributed by atoms with E-state index in [0.717, 1.165) is 13.1 Å². The van der Waals surface area contributed by atoms with Crippen LogP contribution in [-0.4, -0.2) is 47.3 Å². The van der Waals surface area contributed by atoms with Crippen LogP contribution in [0.2, 0.25) is 0 Å². The number of likely N-dealkylation sites (N-methyl/N-ethyl adjacent to an activating group) is 1. The summed E-state index contributed by atoms with van der Waals surface area (Å²) in [4.78, 5) is 6.32. The molecule has 0 aliphatic carbocycles. The molecule has 1 heterocycles. The van der Waals surface area contributed by atoms with Crippen molar-refractivity contribution >= 4 is 17.5 Å². The van der Waals surface area contributed by atoms with Gasteiger partial charge in [0.25, 0.3) is 0 Å². The van der Waals surface area contributed by atoms with Crippen LogP contribution in [0.15, 0.2) is 30.5 Å². The second kappa shape index (κ2) is 6.76. The van der Waals surface area contributed by atoms with E-state index in [1.807, 2.05) is 14.1 Å². The van der Waals surface area contributed by atoms with Gasteiger partial charge >= 0.3 is 0 Å². The molecule has 0 atom stereocenters. The molecule has 1 aromatic carbocycles. The van der Waals surface area contributed by atoms with Gasteiger partial charge in [0, 0.05) is 18.8 Å². The van der Waals surface area contributed by atoms with Crippen molar-refractivity contribution in [2.24, 2.45) is 0 Å². The molecule has 6 nitrogen and oxygen atoms in total. The monoisotopic (exact) mass is 276 g/mol. The van der Waals surface area contributed by atoms with Gasteiger partial charge in [-0.2, -0.15) is 10.1 Å². The summed E-state index contributed by atoms with van der Waals surface area (Å²) in [5.41, 5.74) is 0.581. The Morgan fingerprint density at radius 1 is 1.30 bits per heavy atom. The van der Waals surface area contributed by atoms with Gasteiger partial charge < -0.3 is 15.5 Å². The summed E-state index contributed by atoms with van der Waals surface area (Å²) in [6.45, 7) is 1.64. The minimum atomic E-state index is -0.316. The van der Waals surface area contributed by atoms with Crippen LogP contribution < -0.4 is 10.6 Å². The van der Waals surface area contributed by atoms with E-state index in [2.05, 4.69) is 30.7 Å². The second-order valence-corrected chi connectivity index (χ2v) is 4.53. The molecule has 0 unspecified atom stereocenters. The Kier molecular flexibility index (Phi) is 4.78. The van der Waals surface area contributed by atoms with Crippen molar-refractivity contribution in [3.8, 4) is 0 Å². The summed E-state index contributed by atoms with van der Waals surface area (Å²) < 4.78 is 13.1. The van der Waals surface area contributed by atoms with E-state index in [0.29, 0.717) is 17.5 Å². The number of anilines is 3. The van der Waals surface area contributed by atoms with Crippen molar-refractivity contribution in [3.63, 3.8) is 0 Å². The number of halogens is 1. The molecule has 2 N–H and O–H groups in total. The predicted octanol–water partition coefficient (Wildman–Crippen LogP) is 1.73. The SMILES string of the molecule is CN(C)CCNc1cnnc(Nc2cccc(F)c2)n1. The molecule has 0 aliphatic rings. The highest BCUT2D eigenvalue weighted by Crippen LogP contribution is 2.14. The third-order valence-corrected chi connectivity index (χ3v) is 2.50. The highest BCUT2D eigenvalue weighted by molar-refractivity contribution is 5.53. The summed E-state index contributed by atoms with van der Waals surface area (Å²) in [7, 11) is 3.99. The summed E-state index contributed by atoms with van der Waals surface area (Å²) in [5.74, 6) is 0.634. The highest BCUT2D eigenvalue weighted by Gasteiger charge is 2.02. The fraction of sp³-hybridized carbons (Fsp3) is 0.308. The summed E-state index contributed by atoms with van der Waals surface area (Å²) in [5, 5.41) is 13.8. The molecule has 7 heteroatoms. The number of aromatic nitrogens is 3. The van der Waals surface area contributed by atoms with Gasteiger partial charge in [0.05, 0.1) is 6.20 Å². The van der Waals surface area contributed by atoms with Gasteiger partial charge in [-0.25, -0.2) is 4.39 Å². The van der Waals surface area contributed by atoms with Crippen molar-refractivity contribution in [1.29, 1.82) is 0 Å². The van der Waals surface area contributed by atoms with E-state index in [1.165, 1.54) is 12.1 Å². The van der Waals surface area contributed by atoms with Crippen LogP contribution in [0.4, 0.5) is 21.8 Å². The average Bonchev–Trinajstić information content (AvgIpc) is 2.39. The maximum absolute atomic E-state index is 13.1. The molecule has 0 radical (unpaired) electrons. The van der Waals surface area contributed by atoms with Gasteiger partial charge in [0.2, 0.25) is 5.95 Å². The van der Waals surface area contributed by atoms with Crippen molar-refractivity contribution in [1.82, 2.24) is 20.1 Å². The molecule has 0 spiro atoms. The van der Waals surface area contributed by atoms with Crippen LogP contribution >= 0.6 is 0 Å². The van der Waals surface area contributed by atoms with Crippen LogP contribution in [0.3, 0.4) is 0 Å². The zero-order chi connectivity index (χ0) is 14.4. The van der Waals surface area contributed by atoms with Gasteiger partial charge in [-0.1, -0.05) is 6.07 Å². The lowest BCUT2D eigenvalue weighted by Crippen LogP contribution is -2.21. The summed E-state index contributed by atoms with van der Waals surface area (Å²) in [6, 6.07) is 6.10. The van der Waals surface area contributed by atoms with E-state index in [4.69, 9.17) is 0 Å². The Balaban J connectivity index is 1.99. The zero-order valence-corrected chi connectivity index (χ0v) is 11.5. The van der Waals surface area contributed by atoms with E-state index >= 15 is 0 Å². The Bertz CT molecular complexity index is 560. The molecule has 0 amide bonds. The number of benzene rings is 1. The topological polar surface area (TPSA) is 66.0 Å². The molecule has 2 rings (SSSR count). The van der Waals surface area contributed by atoms with Gasteiger partial charge in [-0.05, 0) is 32.3 Å². The molecule has 0 saturated carbocycles. The van der Waals surface area contributed by atoms with Crippen LogP contribution in [0.1, 0.15) is 0 Å². The minimum absolute atomic E-state index is 0.316. The Morgan fingerprint density at radius 3 is 2.90 bits per heavy atom. The lowest BCUT2D eigenvalue weighted by Gasteiger charge is -2.11. The molecule has 1 aromatic heterocycles. The fourth-order valence-electron chi connectivity index (χ4n) is 1.54. The number of hydrogen-bond donors (Lipinski definition) is 2. The first-order chi connectivity index (χ1) is 9.63. The number of rotatable bonds is 6. The van der Waals surface area contributed by atoms with Crippen LogP contribution in [0, 0.1) is 5.82 Å². The molecule has 2 aromatic rings. The Labute approximate surface area is 117 Å². The van der Waals surface area contributed by atoms with E-state index in [1.54, 1.807) is 18.3 Å². The first-order valence-corrected chi connectivity index (χ1v) is 6.24. The van der Waals surface area contributed by atoms with E-state index in [-0.39, 0.29) is 5.82 Å². The molecule has 0 bridgehead atoms. The predicted molar refractivity (Wildman–Crippen MR) is 76.6 cm³/mol. The highest BCUT2D eigenvalue weighted by atomic mass is 19.1. The second-order valence-electron chi connectivity index (χ2n) is 4.53. The third kappa shape index (κ3) is 4.43. The van der Waals surface area contributed by atoms with Crippen molar-refractivity contribution in [2.45, 2.75) is 0 Å². The standard InChI is InChI=1S/C13H17FN6/c1-20(2)7-6-15-12-9-16-19-13(18-12)17-11-5-3-4-10(14)8-11/h3-5,8-9H,6-7H2,1-2H3,(H2,15,17,18,19). The van der Waals surface area contributed by atoms with Crippen molar-refractivity contribution < 1.29 is 4.39 Å². The molecule has 0 saturated heterocycles. The molecule has 0 fully saturated rings. The largest absolute Gasteiger partial charge is 0.367 e. The lowest BCUT2D eigenvalue weighted by atomic mass is 10.3. The average molecular weight is 276 g/mol. The molecule has 0 aliphatic heterocycles. The minimum Gasteiger partial charge on any atom is -0.367 e. The normalized spacial score (nSPS) is 10.6. The Hall–Kier alpha value is -2.28.